The molecule has 2 aromatic rings. The number of carbonyl (C=O) groups is 1. The molecule has 0 atom stereocenters. The number of phenols is 1. The van der Waals surface area contributed by atoms with E-state index in [0.29, 0.717) is 12.1 Å². The molecule has 4 heteroatoms. The monoisotopic (exact) mass is 256 g/mol. The van der Waals surface area contributed by atoms with Crippen LogP contribution in [0.1, 0.15) is 21.5 Å². The highest BCUT2D eigenvalue weighted by Crippen LogP contribution is 2.21. The lowest BCUT2D eigenvalue weighted by Crippen LogP contribution is -2.13. The average molecular weight is 256 g/mol. The molecule has 0 unspecified atom stereocenters. The Morgan fingerprint density at radius 2 is 1.95 bits per heavy atom. The van der Waals surface area contributed by atoms with Gasteiger partial charge in [-0.3, -0.25) is 4.79 Å². The van der Waals surface area contributed by atoms with Crippen molar-refractivity contribution in [2.24, 2.45) is 5.73 Å². The molecule has 0 spiro atoms. The van der Waals surface area contributed by atoms with Crippen LogP contribution in [-0.2, 0) is 6.54 Å². The predicted octanol–water partition coefficient (Wildman–Crippen LogP) is 2.41. The summed E-state index contributed by atoms with van der Waals surface area (Å²) in [5.74, 6) is -0.192. The van der Waals surface area contributed by atoms with Gasteiger partial charge in [0.05, 0.1) is 0 Å². The van der Waals surface area contributed by atoms with Crippen LogP contribution in [0.2, 0.25) is 0 Å². The SMILES string of the molecule is Cc1c(NCc2ccccc2O)cccc1C(N)=O. The van der Waals surface area contributed by atoms with E-state index in [4.69, 9.17) is 5.73 Å². The van der Waals surface area contributed by atoms with E-state index in [2.05, 4.69) is 5.32 Å². The van der Waals surface area contributed by atoms with Gasteiger partial charge in [-0.25, -0.2) is 0 Å². The van der Waals surface area contributed by atoms with E-state index < -0.39 is 5.91 Å². The molecule has 0 fully saturated rings. The van der Waals surface area contributed by atoms with Gasteiger partial charge in [-0.15, -0.1) is 0 Å². The number of aromatic hydroxyl groups is 1. The van der Waals surface area contributed by atoms with Crippen LogP contribution in [0.3, 0.4) is 0 Å². The summed E-state index contributed by atoms with van der Waals surface area (Å²) >= 11 is 0. The number of carbonyl (C=O) groups excluding carboxylic acids is 1. The molecule has 0 radical (unpaired) electrons. The quantitative estimate of drug-likeness (QED) is 0.786. The number of anilines is 1. The Morgan fingerprint density at radius 3 is 2.63 bits per heavy atom. The van der Waals surface area contributed by atoms with Gasteiger partial charge < -0.3 is 16.2 Å². The number of para-hydroxylation sites is 1. The van der Waals surface area contributed by atoms with Crippen LogP contribution in [0, 0.1) is 6.92 Å². The van der Waals surface area contributed by atoms with Gasteiger partial charge in [-0.2, -0.15) is 0 Å². The molecule has 0 aromatic heterocycles. The van der Waals surface area contributed by atoms with Crippen molar-refractivity contribution in [1.29, 1.82) is 0 Å². The zero-order chi connectivity index (χ0) is 13.8. The molecule has 98 valence electrons. The first-order valence-corrected chi connectivity index (χ1v) is 5.99. The molecule has 0 aliphatic heterocycles. The van der Waals surface area contributed by atoms with Gasteiger partial charge >= 0.3 is 0 Å². The van der Waals surface area contributed by atoms with Gasteiger partial charge in [0.2, 0.25) is 5.91 Å². The van der Waals surface area contributed by atoms with Gasteiger partial charge in [0, 0.05) is 23.4 Å². The van der Waals surface area contributed by atoms with E-state index in [9.17, 15) is 9.90 Å². The number of nitrogens with one attached hydrogen (secondary N) is 1. The number of benzene rings is 2. The Hall–Kier alpha value is -2.49. The Bertz CT molecular complexity index is 609. The molecule has 2 aromatic carbocycles. The first kappa shape index (κ1) is 13.0. The molecule has 0 bridgehead atoms. The molecule has 4 N–H and O–H groups in total. The minimum Gasteiger partial charge on any atom is -0.508 e. The maximum atomic E-state index is 11.3. The van der Waals surface area contributed by atoms with E-state index >= 15 is 0 Å². The smallest absolute Gasteiger partial charge is 0.249 e. The van der Waals surface area contributed by atoms with Crippen molar-refractivity contribution in [2.75, 3.05) is 5.32 Å². The summed E-state index contributed by atoms with van der Waals surface area (Å²) < 4.78 is 0. The summed E-state index contributed by atoms with van der Waals surface area (Å²) in [5, 5.41) is 12.9. The maximum Gasteiger partial charge on any atom is 0.249 e. The van der Waals surface area contributed by atoms with Crippen molar-refractivity contribution in [3.63, 3.8) is 0 Å². The molecule has 0 heterocycles. The third kappa shape index (κ3) is 2.85. The standard InChI is InChI=1S/C15H16N2O2/c1-10-12(15(16)19)6-4-7-13(10)17-9-11-5-2-3-8-14(11)18/h2-8,17-18H,9H2,1H3,(H2,16,19). The summed E-state index contributed by atoms with van der Waals surface area (Å²) in [7, 11) is 0. The third-order valence-corrected chi connectivity index (χ3v) is 3.06. The second-order valence-electron chi connectivity index (χ2n) is 4.32. The predicted molar refractivity (Wildman–Crippen MR) is 75.1 cm³/mol. The van der Waals surface area contributed by atoms with Gasteiger partial charge in [-0.1, -0.05) is 24.3 Å². The van der Waals surface area contributed by atoms with Crippen LogP contribution >= 0.6 is 0 Å². The normalized spacial score (nSPS) is 10.2. The summed E-state index contributed by atoms with van der Waals surface area (Å²) in [6.07, 6.45) is 0. The first-order valence-electron chi connectivity index (χ1n) is 5.99. The molecular formula is C15H16N2O2. The van der Waals surface area contributed by atoms with Crippen molar-refractivity contribution >= 4 is 11.6 Å². The number of phenolic OH excluding ortho intramolecular Hbond substituents is 1. The Labute approximate surface area is 111 Å². The number of hydrogen-bond acceptors (Lipinski definition) is 3. The zero-order valence-corrected chi connectivity index (χ0v) is 10.7. The Morgan fingerprint density at radius 1 is 1.21 bits per heavy atom. The zero-order valence-electron chi connectivity index (χ0n) is 10.7. The van der Waals surface area contributed by atoms with Gasteiger partial charge in [0.15, 0.2) is 0 Å². The van der Waals surface area contributed by atoms with Gasteiger partial charge in [0.1, 0.15) is 5.75 Å². The molecule has 4 nitrogen and oxygen atoms in total. The largest absolute Gasteiger partial charge is 0.508 e. The lowest BCUT2D eigenvalue weighted by molar-refractivity contribution is 0.1000. The third-order valence-electron chi connectivity index (χ3n) is 3.06. The summed E-state index contributed by atoms with van der Waals surface area (Å²) in [6, 6.07) is 12.5. The second-order valence-corrected chi connectivity index (χ2v) is 4.32. The summed E-state index contributed by atoms with van der Waals surface area (Å²) in [6.45, 7) is 2.32. The van der Waals surface area contributed by atoms with Crippen LogP contribution < -0.4 is 11.1 Å². The van der Waals surface area contributed by atoms with Crippen LogP contribution in [0.15, 0.2) is 42.5 Å². The average Bonchev–Trinajstić information content (AvgIpc) is 2.39. The lowest BCUT2D eigenvalue weighted by Gasteiger charge is -2.12. The Balaban J connectivity index is 2.19. The highest BCUT2D eigenvalue weighted by molar-refractivity contribution is 5.95. The minimum atomic E-state index is -0.441. The highest BCUT2D eigenvalue weighted by atomic mass is 16.3. The van der Waals surface area contributed by atoms with E-state index in [1.165, 1.54) is 0 Å². The van der Waals surface area contributed by atoms with Crippen LogP contribution in [0.5, 0.6) is 5.75 Å². The number of rotatable bonds is 4. The molecular weight excluding hydrogens is 240 g/mol. The molecule has 19 heavy (non-hydrogen) atoms. The summed E-state index contributed by atoms with van der Waals surface area (Å²) in [4.78, 5) is 11.3. The molecule has 0 saturated carbocycles. The number of nitrogens with two attached hydrogens (primary N) is 1. The molecule has 2 rings (SSSR count). The number of amides is 1. The lowest BCUT2D eigenvalue weighted by atomic mass is 10.1. The first-order chi connectivity index (χ1) is 9.09. The molecule has 0 saturated heterocycles. The molecule has 0 aliphatic rings. The highest BCUT2D eigenvalue weighted by Gasteiger charge is 2.08. The van der Waals surface area contributed by atoms with Crippen molar-refractivity contribution in [2.45, 2.75) is 13.5 Å². The number of primary amides is 1. The van der Waals surface area contributed by atoms with Crippen molar-refractivity contribution < 1.29 is 9.90 Å². The molecule has 0 aliphatic carbocycles. The van der Waals surface area contributed by atoms with E-state index in [0.717, 1.165) is 16.8 Å². The fourth-order valence-electron chi connectivity index (χ4n) is 1.94. The van der Waals surface area contributed by atoms with Gasteiger partial charge in [0.25, 0.3) is 0 Å². The van der Waals surface area contributed by atoms with E-state index in [1.807, 2.05) is 25.1 Å². The van der Waals surface area contributed by atoms with E-state index in [1.54, 1.807) is 24.3 Å². The van der Waals surface area contributed by atoms with Crippen molar-refractivity contribution in [3.05, 3.63) is 59.2 Å². The topological polar surface area (TPSA) is 75.3 Å². The van der Waals surface area contributed by atoms with Crippen molar-refractivity contribution in [1.82, 2.24) is 0 Å². The summed E-state index contributed by atoms with van der Waals surface area (Å²) in [5.41, 5.74) is 8.25. The fraction of sp³-hybridized carbons (Fsp3) is 0.133. The van der Waals surface area contributed by atoms with Crippen LogP contribution in [0.25, 0.3) is 0 Å². The van der Waals surface area contributed by atoms with Crippen LogP contribution in [0.4, 0.5) is 5.69 Å². The van der Waals surface area contributed by atoms with E-state index in [-0.39, 0.29) is 5.75 Å². The Kier molecular flexibility index (Phi) is 3.71. The minimum absolute atomic E-state index is 0.249. The van der Waals surface area contributed by atoms with Gasteiger partial charge in [-0.05, 0) is 30.7 Å². The fourth-order valence-corrected chi connectivity index (χ4v) is 1.94. The van der Waals surface area contributed by atoms with Crippen molar-refractivity contribution in [3.8, 4) is 5.75 Å². The maximum absolute atomic E-state index is 11.3. The second kappa shape index (κ2) is 5.44. The number of hydrogen-bond donors (Lipinski definition) is 3. The molecule has 1 amide bonds. The van der Waals surface area contributed by atoms with Crippen LogP contribution in [-0.4, -0.2) is 11.0 Å².